The molecule has 1 fully saturated rings. The van der Waals surface area contributed by atoms with Crippen LogP contribution < -0.4 is 10.6 Å². The van der Waals surface area contributed by atoms with Gasteiger partial charge in [-0.1, -0.05) is 0 Å². The van der Waals surface area contributed by atoms with Crippen molar-refractivity contribution < 1.29 is 18.7 Å². The number of rotatable bonds is 7. The van der Waals surface area contributed by atoms with E-state index in [1.54, 1.807) is 13.2 Å². The highest BCUT2D eigenvalue weighted by Crippen LogP contribution is 2.20. The highest BCUT2D eigenvalue weighted by atomic mass is 19.1. The molecule has 2 heterocycles. The molecule has 1 aliphatic heterocycles. The van der Waals surface area contributed by atoms with E-state index < -0.39 is 0 Å². The molecule has 21 heavy (non-hydrogen) atoms. The summed E-state index contributed by atoms with van der Waals surface area (Å²) in [6, 6.07) is 0.0250. The van der Waals surface area contributed by atoms with Crippen molar-refractivity contribution in [2.24, 2.45) is 0 Å². The number of nitrogens with one attached hydrogen (secondary N) is 2. The van der Waals surface area contributed by atoms with Gasteiger partial charge in [-0.2, -0.15) is 0 Å². The Kier molecular flexibility index (Phi) is 5.89. The molecule has 0 radical (unpaired) electrons. The number of nitrogens with zero attached hydrogens (tertiary/aromatic N) is 1. The Hall–Kier alpha value is -1.73. The standard InChI is InChI=1S/C14H20FN3O3/c1-16-14-6-17-5-13(15)12(14)3-2-11-4-18-10(8-21-11)7-20-9-19/h5-6,9-11,16,18H,2-4,7-8H2,1H3/t10-,11-/m1/s1. The van der Waals surface area contributed by atoms with Gasteiger partial charge in [0.05, 0.1) is 36.8 Å². The zero-order chi connectivity index (χ0) is 15.1. The third-order valence-corrected chi connectivity index (χ3v) is 3.52. The van der Waals surface area contributed by atoms with Crippen LogP contribution >= 0.6 is 0 Å². The molecular weight excluding hydrogens is 277 g/mol. The van der Waals surface area contributed by atoms with Gasteiger partial charge in [-0.3, -0.25) is 9.78 Å². The largest absolute Gasteiger partial charge is 0.466 e. The lowest BCUT2D eigenvalue weighted by molar-refractivity contribution is -0.130. The molecule has 1 aliphatic rings. The second-order valence-electron chi connectivity index (χ2n) is 4.93. The first-order chi connectivity index (χ1) is 10.2. The van der Waals surface area contributed by atoms with Gasteiger partial charge >= 0.3 is 0 Å². The Morgan fingerprint density at radius 3 is 3.14 bits per heavy atom. The Balaban J connectivity index is 1.81. The first-order valence-corrected chi connectivity index (χ1v) is 6.95. The molecule has 2 atom stereocenters. The van der Waals surface area contributed by atoms with Crippen molar-refractivity contribution in [1.29, 1.82) is 0 Å². The van der Waals surface area contributed by atoms with E-state index in [9.17, 15) is 9.18 Å². The van der Waals surface area contributed by atoms with E-state index in [2.05, 4.69) is 15.6 Å². The van der Waals surface area contributed by atoms with E-state index >= 15 is 0 Å². The van der Waals surface area contributed by atoms with Gasteiger partial charge in [-0.05, 0) is 12.8 Å². The summed E-state index contributed by atoms with van der Waals surface area (Å²) in [5, 5.41) is 6.20. The maximum atomic E-state index is 13.8. The molecule has 0 amide bonds. The van der Waals surface area contributed by atoms with Gasteiger partial charge in [0.2, 0.25) is 0 Å². The fourth-order valence-corrected chi connectivity index (χ4v) is 2.35. The van der Waals surface area contributed by atoms with Crippen molar-refractivity contribution >= 4 is 12.2 Å². The summed E-state index contributed by atoms with van der Waals surface area (Å²) in [7, 11) is 1.75. The fraction of sp³-hybridized carbons (Fsp3) is 0.571. The van der Waals surface area contributed by atoms with Gasteiger partial charge in [0.25, 0.3) is 6.47 Å². The number of carbonyl (C=O) groups excluding carboxylic acids is 1. The van der Waals surface area contributed by atoms with Crippen molar-refractivity contribution in [3.05, 3.63) is 23.8 Å². The van der Waals surface area contributed by atoms with Crippen LogP contribution in [0.4, 0.5) is 10.1 Å². The average molecular weight is 297 g/mol. The predicted octanol–water partition coefficient (Wildman–Crippen LogP) is 0.725. The minimum absolute atomic E-state index is 0.0229. The van der Waals surface area contributed by atoms with Crippen LogP contribution in [0.5, 0.6) is 0 Å². The first-order valence-electron chi connectivity index (χ1n) is 6.95. The molecule has 0 bridgehead atoms. The molecular formula is C14H20FN3O3. The molecule has 7 heteroatoms. The van der Waals surface area contributed by atoms with Gasteiger partial charge in [0, 0.05) is 19.2 Å². The average Bonchev–Trinajstić information content (AvgIpc) is 2.52. The lowest BCUT2D eigenvalue weighted by Gasteiger charge is -2.30. The highest BCUT2D eigenvalue weighted by molar-refractivity contribution is 5.49. The number of anilines is 1. The number of ether oxygens (including phenoxy) is 2. The molecule has 0 aromatic carbocycles. The lowest BCUT2D eigenvalue weighted by atomic mass is 10.0. The highest BCUT2D eigenvalue weighted by Gasteiger charge is 2.22. The molecule has 1 aromatic heterocycles. The third kappa shape index (κ3) is 4.37. The summed E-state index contributed by atoms with van der Waals surface area (Å²) < 4.78 is 24.2. The summed E-state index contributed by atoms with van der Waals surface area (Å²) >= 11 is 0. The maximum Gasteiger partial charge on any atom is 0.293 e. The number of hydrogen-bond donors (Lipinski definition) is 2. The predicted molar refractivity (Wildman–Crippen MR) is 75.6 cm³/mol. The van der Waals surface area contributed by atoms with Gasteiger partial charge in [-0.15, -0.1) is 0 Å². The second kappa shape index (κ2) is 7.90. The van der Waals surface area contributed by atoms with Crippen LogP contribution in [0, 0.1) is 5.82 Å². The van der Waals surface area contributed by atoms with Crippen LogP contribution in [0.15, 0.2) is 12.4 Å². The topological polar surface area (TPSA) is 72.5 Å². The van der Waals surface area contributed by atoms with Crippen LogP contribution in [-0.2, 0) is 20.7 Å². The van der Waals surface area contributed by atoms with Crippen LogP contribution in [0.3, 0.4) is 0 Å². The van der Waals surface area contributed by atoms with Crippen LogP contribution in [0.25, 0.3) is 0 Å². The van der Waals surface area contributed by atoms with Gasteiger partial charge in [-0.25, -0.2) is 4.39 Å². The SMILES string of the molecule is CNc1cncc(F)c1CC[C@@H]1CN[C@H](COC=O)CO1. The maximum absolute atomic E-state index is 13.8. The van der Waals surface area contributed by atoms with Gasteiger partial charge in [0.15, 0.2) is 0 Å². The molecule has 1 aromatic rings. The Morgan fingerprint density at radius 1 is 1.62 bits per heavy atom. The van der Waals surface area contributed by atoms with Crippen LogP contribution in [0.1, 0.15) is 12.0 Å². The first kappa shape index (κ1) is 15.7. The summed E-state index contributed by atoms with van der Waals surface area (Å²) in [5.41, 5.74) is 1.33. The molecule has 116 valence electrons. The van der Waals surface area contributed by atoms with E-state index in [4.69, 9.17) is 9.47 Å². The van der Waals surface area contributed by atoms with E-state index in [1.807, 2.05) is 0 Å². The van der Waals surface area contributed by atoms with Crippen molar-refractivity contribution in [2.45, 2.75) is 25.0 Å². The number of aromatic nitrogens is 1. The number of hydrogen-bond acceptors (Lipinski definition) is 6. The molecule has 1 saturated heterocycles. The molecule has 2 rings (SSSR count). The normalized spacial score (nSPS) is 21.8. The third-order valence-electron chi connectivity index (χ3n) is 3.52. The van der Waals surface area contributed by atoms with Crippen LogP contribution in [0.2, 0.25) is 0 Å². The van der Waals surface area contributed by atoms with E-state index in [-0.39, 0.29) is 18.0 Å². The monoisotopic (exact) mass is 297 g/mol. The number of pyridine rings is 1. The number of morpholine rings is 1. The summed E-state index contributed by atoms with van der Waals surface area (Å²) in [6.45, 7) is 1.88. The van der Waals surface area contributed by atoms with E-state index in [0.29, 0.717) is 50.3 Å². The smallest absolute Gasteiger partial charge is 0.293 e. The number of halogens is 1. The van der Waals surface area contributed by atoms with E-state index in [1.165, 1.54) is 6.20 Å². The van der Waals surface area contributed by atoms with Crippen LogP contribution in [-0.4, -0.2) is 50.4 Å². The molecule has 0 unspecified atom stereocenters. The molecule has 0 saturated carbocycles. The Labute approximate surface area is 123 Å². The summed E-state index contributed by atoms with van der Waals surface area (Å²) in [5.74, 6) is -0.303. The molecule has 6 nitrogen and oxygen atoms in total. The van der Waals surface area contributed by atoms with Gasteiger partial charge in [0.1, 0.15) is 12.4 Å². The molecule has 2 N–H and O–H groups in total. The quantitative estimate of drug-likeness (QED) is 0.723. The number of carbonyl (C=O) groups is 1. The minimum atomic E-state index is -0.303. The second-order valence-corrected chi connectivity index (χ2v) is 4.93. The Morgan fingerprint density at radius 2 is 2.48 bits per heavy atom. The fourth-order valence-electron chi connectivity index (χ4n) is 2.35. The minimum Gasteiger partial charge on any atom is -0.466 e. The zero-order valence-corrected chi connectivity index (χ0v) is 12.0. The molecule has 0 aliphatic carbocycles. The summed E-state index contributed by atoms with van der Waals surface area (Å²) in [6.07, 6.45) is 4.15. The van der Waals surface area contributed by atoms with E-state index in [0.717, 1.165) is 0 Å². The summed E-state index contributed by atoms with van der Waals surface area (Å²) in [4.78, 5) is 14.0. The zero-order valence-electron chi connectivity index (χ0n) is 12.0. The lowest BCUT2D eigenvalue weighted by Crippen LogP contribution is -2.48. The van der Waals surface area contributed by atoms with Crippen molar-refractivity contribution in [1.82, 2.24) is 10.3 Å². The van der Waals surface area contributed by atoms with Crippen molar-refractivity contribution in [3.8, 4) is 0 Å². The molecule has 0 spiro atoms. The Bertz CT molecular complexity index is 465. The van der Waals surface area contributed by atoms with Crippen molar-refractivity contribution in [3.63, 3.8) is 0 Å². The van der Waals surface area contributed by atoms with Gasteiger partial charge < -0.3 is 20.1 Å². The van der Waals surface area contributed by atoms with Crippen molar-refractivity contribution in [2.75, 3.05) is 32.1 Å².